The molecule has 1 aromatic rings. The normalized spacial score (nSPS) is 10.3. The third-order valence-electron chi connectivity index (χ3n) is 3.03. The maximum Gasteiger partial charge on any atom is 0.319 e. The summed E-state index contributed by atoms with van der Waals surface area (Å²) in [5.41, 5.74) is 0.382. The summed E-state index contributed by atoms with van der Waals surface area (Å²) in [7, 11) is 3.64. The van der Waals surface area contributed by atoms with E-state index in [4.69, 9.17) is 10.00 Å². The van der Waals surface area contributed by atoms with Gasteiger partial charge in [0, 0.05) is 20.2 Å². The Labute approximate surface area is 129 Å². The SMILES string of the molecule is COCCN(C)CCCNC(=O)Nc1ccc(F)cc1C#N. The Morgan fingerprint density at radius 2 is 2.23 bits per heavy atom. The van der Waals surface area contributed by atoms with E-state index in [1.807, 2.05) is 13.1 Å². The predicted molar refractivity (Wildman–Crippen MR) is 82.1 cm³/mol. The van der Waals surface area contributed by atoms with E-state index in [9.17, 15) is 9.18 Å². The van der Waals surface area contributed by atoms with Crippen molar-refractivity contribution in [1.29, 1.82) is 5.26 Å². The number of methoxy groups -OCH3 is 1. The number of anilines is 1. The number of likely N-dealkylation sites (N-methyl/N-ethyl adjacent to an activating group) is 1. The van der Waals surface area contributed by atoms with Crippen LogP contribution in [0.1, 0.15) is 12.0 Å². The molecular weight excluding hydrogens is 287 g/mol. The lowest BCUT2D eigenvalue weighted by molar-refractivity contribution is 0.160. The van der Waals surface area contributed by atoms with Crippen LogP contribution in [0.3, 0.4) is 0 Å². The Balaban J connectivity index is 2.31. The Hall–Kier alpha value is -2.17. The van der Waals surface area contributed by atoms with E-state index >= 15 is 0 Å². The molecule has 120 valence electrons. The zero-order chi connectivity index (χ0) is 16.4. The molecule has 0 aromatic heterocycles. The number of hydrogen-bond acceptors (Lipinski definition) is 4. The molecule has 0 spiro atoms. The second-order valence-electron chi connectivity index (χ2n) is 4.83. The minimum absolute atomic E-state index is 0.0921. The highest BCUT2D eigenvalue weighted by atomic mass is 19.1. The van der Waals surface area contributed by atoms with Gasteiger partial charge in [-0.25, -0.2) is 9.18 Å². The number of carbonyl (C=O) groups is 1. The van der Waals surface area contributed by atoms with Gasteiger partial charge in [-0.3, -0.25) is 0 Å². The van der Waals surface area contributed by atoms with Crippen LogP contribution in [0.25, 0.3) is 0 Å². The first-order valence-electron chi connectivity index (χ1n) is 6.98. The van der Waals surface area contributed by atoms with Crippen LogP contribution in [0.2, 0.25) is 0 Å². The molecule has 0 saturated heterocycles. The fourth-order valence-electron chi connectivity index (χ4n) is 1.79. The maximum absolute atomic E-state index is 13.0. The number of nitrogens with one attached hydrogen (secondary N) is 2. The van der Waals surface area contributed by atoms with Crippen LogP contribution in [0.5, 0.6) is 0 Å². The zero-order valence-corrected chi connectivity index (χ0v) is 12.9. The number of halogens is 1. The molecule has 0 radical (unpaired) electrons. The van der Waals surface area contributed by atoms with Gasteiger partial charge in [-0.2, -0.15) is 5.26 Å². The van der Waals surface area contributed by atoms with Gasteiger partial charge in [0.05, 0.1) is 17.9 Å². The lowest BCUT2D eigenvalue weighted by Crippen LogP contribution is -2.32. The number of nitrogens with zero attached hydrogens (tertiary/aromatic N) is 2. The number of benzene rings is 1. The number of urea groups is 1. The second-order valence-corrected chi connectivity index (χ2v) is 4.83. The first-order valence-corrected chi connectivity index (χ1v) is 6.98. The quantitative estimate of drug-likeness (QED) is 0.718. The minimum Gasteiger partial charge on any atom is -0.383 e. The Bertz CT molecular complexity index is 531. The number of nitriles is 1. The van der Waals surface area contributed by atoms with Crippen LogP contribution in [-0.4, -0.2) is 51.3 Å². The van der Waals surface area contributed by atoms with Crippen molar-refractivity contribution in [2.75, 3.05) is 45.7 Å². The summed E-state index contributed by atoms with van der Waals surface area (Å²) in [6, 6.07) is 5.07. The highest BCUT2D eigenvalue weighted by molar-refractivity contribution is 5.90. The van der Waals surface area contributed by atoms with Crippen molar-refractivity contribution >= 4 is 11.7 Å². The molecule has 1 aromatic carbocycles. The summed E-state index contributed by atoms with van der Waals surface area (Å²) in [6.45, 7) is 2.85. The number of hydrogen-bond donors (Lipinski definition) is 2. The van der Waals surface area contributed by atoms with Crippen LogP contribution >= 0.6 is 0 Å². The third kappa shape index (κ3) is 6.52. The summed E-state index contributed by atoms with van der Waals surface area (Å²) >= 11 is 0. The van der Waals surface area contributed by atoms with Gasteiger partial charge in [0.2, 0.25) is 0 Å². The van der Waals surface area contributed by atoms with Gasteiger partial charge < -0.3 is 20.3 Å². The van der Waals surface area contributed by atoms with Gasteiger partial charge in [-0.15, -0.1) is 0 Å². The van der Waals surface area contributed by atoms with E-state index in [1.165, 1.54) is 12.1 Å². The molecule has 2 N–H and O–H groups in total. The lowest BCUT2D eigenvalue weighted by Gasteiger charge is -2.16. The first-order chi connectivity index (χ1) is 10.6. The van der Waals surface area contributed by atoms with Crippen molar-refractivity contribution in [3.8, 4) is 6.07 Å². The molecule has 0 atom stereocenters. The topological polar surface area (TPSA) is 77.4 Å². The van der Waals surface area contributed by atoms with E-state index in [1.54, 1.807) is 7.11 Å². The third-order valence-corrected chi connectivity index (χ3v) is 3.03. The molecule has 0 aliphatic carbocycles. The van der Waals surface area contributed by atoms with Crippen molar-refractivity contribution in [2.24, 2.45) is 0 Å². The van der Waals surface area contributed by atoms with E-state index in [2.05, 4.69) is 15.5 Å². The molecule has 1 rings (SSSR count). The van der Waals surface area contributed by atoms with Crippen molar-refractivity contribution in [2.45, 2.75) is 6.42 Å². The molecule has 0 aliphatic rings. The largest absolute Gasteiger partial charge is 0.383 e. The van der Waals surface area contributed by atoms with Crippen molar-refractivity contribution in [1.82, 2.24) is 10.2 Å². The first kappa shape index (κ1) is 17.9. The molecule has 22 heavy (non-hydrogen) atoms. The van der Waals surface area contributed by atoms with Crippen LogP contribution in [0.15, 0.2) is 18.2 Å². The standard InChI is InChI=1S/C15H21FN4O2/c1-20(8-9-22-2)7-3-6-18-15(21)19-14-5-4-13(16)10-12(14)11-17/h4-5,10H,3,6-9H2,1-2H3,(H2,18,19,21). The molecule has 0 fully saturated rings. The smallest absolute Gasteiger partial charge is 0.319 e. The maximum atomic E-state index is 13.0. The number of ether oxygens (including phenoxy) is 1. The van der Waals surface area contributed by atoms with Gasteiger partial charge >= 0.3 is 6.03 Å². The molecule has 7 heteroatoms. The Morgan fingerprint density at radius 1 is 1.45 bits per heavy atom. The fraction of sp³-hybridized carbons (Fsp3) is 0.467. The molecule has 0 saturated carbocycles. The molecular formula is C15H21FN4O2. The van der Waals surface area contributed by atoms with Crippen LogP contribution in [-0.2, 0) is 4.74 Å². The number of amides is 2. The van der Waals surface area contributed by atoms with E-state index < -0.39 is 11.8 Å². The fourth-order valence-corrected chi connectivity index (χ4v) is 1.79. The van der Waals surface area contributed by atoms with Gasteiger partial charge in [-0.05, 0) is 38.2 Å². The Morgan fingerprint density at radius 3 is 2.91 bits per heavy atom. The highest BCUT2D eigenvalue weighted by Crippen LogP contribution is 2.15. The average molecular weight is 308 g/mol. The van der Waals surface area contributed by atoms with Gasteiger partial charge in [0.1, 0.15) is 11.9 Å². The highest BCUT2D eigenvalue weighted by Gasteiger charge is 2.07. The summed E-state index contributed by atoms with van der Waals surface area (Å²) in [5, 5.41) is 14.1. The molecule has 0 heterocycles. The van der Waals surface area contributed by atoms with Crippen LogP contribution in [0, 0.1) is 17.1 Å². The molecule has 2 amide bonds. The van der Waals surface area contributed by atoms with Crippen molar-refractivity contribution < 1.29 is 13.9 Å². The van der Waals surface area contributed by atoms with Gasteiger partial charge in [0.15, 0.2) is 0 Å². The lowest BCUT2D eigenvalue weighted by atomic mass is 10.2. The van der Waals surface area contributed by atoms with E-state index in [-0.39, 0.29) is 5.56 Å². The van der Waals surface area contributed by atoms with E-state index in [0.717, 1.165) is 25.6 Å². The monoisotopic (exact) mass is 308 g/mol. The Kier molecular flexibility index (Phi) is 7.89. The van der Waals surface area contributed by atoms with Crippen molar-refractivity contribution in [3.63, 3.8) is 0 Å². The number of rotatable bonds is 8. The second kappa shape index (κ2) is 9.71. The summed E-state index contributed by atoms with van der Waals surface area (Å²) in [4.78, 5) is 13.8. The van der Waals surface area contributed by atoms with Crippen LogP contribution in [0.4, 0.5) is 14.9 Å². The molecule has 0 aliphatic heterocycles. The molecule has 0 bridgehead atoms. The van der Waals surface area contributed by atoms with Crippen LogP contribution < -0.4 is 10.6 Å². The summed E-state index contributed by atoms with van der Waals surface area (Å²) in [6.07, 6.45) is 0.794. The summed E-state index contributed by atoms with van der Waals surface area (Å²) in [5.74, 6) is -0.512. The number of carbonyl (C=O) groups excluding carboxylic acids is 1. The molecule has 0 unspecified atom stereocenters. The van der Waals surface area contributed by atoms with E-state index in [0.29, 0.717) is 18.8 Å². The molecule has 6 nitrogen and oxygen atoms in total. The average Bonchev–Trinajstić information content (AvgIpc) is 2.51. The van der Waals surface area contributed by atoms with Crippen molar-refractivity contribution in [3.05, 3.63) is 29.6 Å². The zero-order valence-electron chi connectivity index (χ0n) is 12.9. The van der Waals surface area contributed by atoms with Gasteiger partial charge in [-0.1, -0.05) is 0 Å². The van der Waals surface area contributed by atoms with Gasteiger partial charge in [0.25, 0.3) is 0 Å². The minimum atomic E-state index is -0.512. The predicted octanol–water partition coefficient (Wildman–Crippen LogP) is 1.79. The summed E-state index contributed by atoms with van der Waals surface area (Å²) < 4.78 is 18.0.